The molecular weight excluding hydrogens is 612 g/mol. The van der Waals surface area contributed by atoms with Crippen LogP contribution >= 0.6 is 0 Å². The summed E-state index contributed by atoms with van der Waals surface area (Å²) in [6.45, 7) is 8.82. The van der Waals surface area contributed by atoms with Gasteiger partial charge in [-0.3, -0.25) is 0 Å². The van der Waals surface area contributed by atoms with Gasteiger partial charge in [0.15, 0.2) is 17.6 Å². The van der Waals surface area contributed by atoms with Gasteiger partial charge in [-0.15, -0.1) is 0 Å². The molecule has 0 unspecified atom stereocenters. The summed E-state index contributed by atoms with van der Waals surface area (Å²) in [6, 6.07) is 0. The molecule has 0 aliphatic rings. The van der Waals surface area contributed by atoms with Crippen molar-refractivity contribution in [3.05, 3.63) is 0 Å². The molecule has 218 valence electrons. The average Bonchev–Trinajstić information content (AvgIpc) is 2.73. The molecule has 0 amide bonds. The van der Waals surface area contributed by atoms with Crippen LogP contribution in [0.15, 0.2) is 15.5 Å². The fourth-order valence-corrected chi connectivity index (χ4v) is 0.135. The Balaban J connectivity index is -0.0000000317. The summed E-state index contributed by atoms with van der Waals surface area (Å²) in [5.74, 6) is -3.66. The van der Waals surface area contributed by atoms with Gasteiger partial charge < -0.3 is 46.3 Å². The number of aliphatic carboxylic acids is 3. The summed E-state index contributed by atoms with van der Waals surface area (Å²) in [4.78, 5) is 28.6. The van der Waals surface area contributed by atoms with Gasteiger partial charge >= 0.3 is 17.9 Å². The first kappa shape index (κ1) is 58.3. The second-order valence-electron chi connectivity index (χ2n) is 4.33. The minimum absolute atomic E-state index is 0. The average molecular weight is 647 g/mol. The molecule has 0 atom stereocenters. The number of aliphatic hydroxyl groups is 3. The second kappa shape index (κ2) is 57.8. The number of carbonyl (C=O) groups is 3. The molecule has 0 bridgehead atoms. The molecule has 0 fully saturated rings. The molecule has 9 N–H and O–H groups in total. The first-order chi connectivity index (χ1) is 14.4. The molecule has 0 saturated heterocycles. The molecule has 0 aromatic heterocycles. The van der Waals surface area contributed by atoms with Crippen molar-refractivity contribution in [2.24, 2.45) is 15.5 Å². The Morgan fingerprint density at radius 1 is 0.706 bits per heavy atom. The molecule has 15 nitrogen and oxygen atoms in total. The van der Waals surface area contributed by atoms with E-state index in [0.29, 0.717) is 19.4 Å². The van der Waals surface area contributed by atoms with Gasteiger partial charge in [0.1, 0.15) is 0 Å². The molecule has 2 radical (unpaired) electrons. The Morgan fingerprint density at radius 2 is 0.912 bits per heavy atom. The van der Waals surface area contributed by atoms with Crippen LogP contribution in [0.3, 0.4) is 0 Å². The van der Waals surface area contributed by atoms with E-state index >= 15 is 0 Å². The molecule has 0 heterocycles. The Kier molecular flexibility index (Phi) is 98.9. The van der Waals surface area contributed by atoms with E-state index in [4.69, 9.17) is 46.3 Å². The fourth-order valence-electron chi connectivity index (χ4n) is 0.135. The van der Waals surface area contributed by atoms with E-state index < -0.39 is 17.9 Å². The zero-order valence-electron chi connectivity index (χ0n) is 19.1. The number of hydrogen-bond acceptors (Lipinski definition) is 12. The minimum Gasteiger partial charge on any atom is -0.477 e. The van der Waals surface area contributed by atoms with Gasteiger partial charge in [0, 0.05) is 70.4 Å². The van der Waals surface area contributed by atoms with E-state index in [1.807, 2.05) is 13.8 Å². The van der Waals surface area contributed by atoms with Gasteiger partial charge in [0.05, 0.1) is 0 Å². The van der Waals surface area contributed by atoms with E-state index in [-0.39, 0.29) is 68.7 Å². The number of aliphatic hydroxyl groups excluding tert-OH is 3. The van der Waals surface area contributed by atoms with Crippen LogP contribution in [-0.2, 0) is 65.0 Å². The standard InChI is InChI=1S/2C3H5NO3.2C3H8O.C2H3NO3.C2H6O.2Cu.Ni/c2*1-2(4-7)3(5)6;2*1-2-3-4;4-2(5)1-3-6;1-2-3;;;/h2*7H,1H3,(H,5,6);2*4H,2-3H2,1H3;1,6H,(H,4,5);3H,2H2,1H3;;;/b2*4-2+;;;3-1+;;;;. The van der Waals surface area contributed by atoms with E-state index in [1.54, 1.807) is 6.92 Å². The SMILES string of the molecule is C/C(=N\O)C(=O)O.C/C(=N\O)C(=O)O.CCCO.CCCO.CCO.O=C(O)/C=N/O.[Cu].[Cu].[Ni]. The number of nitrogens with zero attached hydrogens (tertiary/aromatic N) is 3. The molecule has 0 rings (SSSR count). The normalized spacial score (nSPS) is 8.59. The first-order valence-electron chi connectivity index (χ1n) is 8.45. The summed E-state index contributed by atoms with van der Waals surface area (Å²) < 4.78 is 0. The third-order valence-electron chi connectivity index (χ3n) is 1.53. The van der Waals surface area contributed by atoms with Crippen LogP contribution < -0.4 is 0 Å². The maximum Gasteiger partial charge on any atom is 0.353 e. The van der Waals surface area contributed by atoms with Crippen molar-refractivity contribution in [2.45, 2.75) is 47.5 Å². The quantitative estimate of drug-likeness (QED) is 0.0835. The van der Waals surface area contributed by atoms with E-state index in [2.05, 4.69) is 15.5 Å². The summed E-state index contributed by atoms with van der Waals surface area (Å²) in [6.07, 6.45) is 2.14. The maximum absolute atomic E-state index is 9.64. The molecule has 0 spiro atoms. The largest absolute Gasteiger partial charge is 0.477 e. The van der Waals surface area contributed by atoms with Crippen LogP contribution in [0.25, 0.3) is 0 Å². The Labute approximate surface area is 229 Å². The molecule has 0 aromatic carbocycles. The van der Waals surface area contributed by atoms with Gasteiger partial charge in [-0.05, 0) is 33.6 Å². The molecule has 0 saturated carbocycles. The minimum atomic E-state index is -1.25. The molecule has 34 heavy (non-hydrogen) atoms. The maximum atomic E-state index is 9.64. The van der Waals surface area contributed by atoms with Crippen LogP contribution in [-0.4, -0.2) is 102 Å². The van der Waals surface area contributed by atoms with Crippen molar-refractivity contribution in [3.63, 3.8) is 0 Å². The Bertz CT molecular complexity index is 476. The number of carboxylic acids is 3. The number of hydrogen-bond donors (Lipinski definition) is 9. The van der Waals surface area contributed by atoms with Gasteiger partial charge in [0.25, 0.3) is 0 Å². The number of oxime groups is 3. The predicted octanol–water partition coefficient (Wildman–Crippen LogP) is 0.142. The third-order valence-corrected chi connectivity index (χ3v) is 1.53. The fraction of sp³-hybridized carbons (Fsp3) is 0.625. The summed E-state index contributed by atoms with van der Waals surface area (Å²) in [5.41, 5.74) is -0.611. The molecule has 0 aliphatic carbocycles. The van der Waals surface area contributed by atoms with Crippen LogP contribution in [0.5, 0.6) is 0 Å². The van der Waals surface area contributed by atoms with Crippen molar-refractivity contribution in [1.29, 1.82) is 0 Å². The predicted molar refractivity (Wildman–Crippen MR) is 110 cm³/mol. The first-order valence-corrected chi connectivity index (χ1v) is 8.45. The van der Waals surface area contributed by atoms with Crippen LogP contribution in [0, 0.1) is 0 Å². The number of carboxylic acid groups (broad SMARTS) is 3. The monoisotopic (exact) mass is 645 g/mol. The van der Waals surface area contributed by atoms with Crippen LogP contribution in [0.1, 0.15) is 47.5 Å². The van der Waals surface area contributed by atoms with Gasteiger partial charge in [0.2, 0.25) is 0 Å². The van der Waals surface area contributed by atoms with Crippen LogP contribution in [0.4, 0.5) is 0 Å². The molecule has 0 aromatic rings. The number of rotatable bonds is 5. The molecule has 0 aliphatic heterocycles. The summed E-state index contributed by atoms with van der Waals surface area (Å²) in [5, 5.41) is 76.6. The van der Waals surface area contributed by atoms with Crippen molar-refractivity contribution in [2.75, 3.05) is 19.8 Å². The molecular formula is C16H35Cu2N3NiO12. The zero-order chi connectivity index (χ0) is 26.3. The van der Waals surface area contributed by atoms with Crippen molar-refractivity contribution in [1.82, 2.24) is 0 Å². The van der Waals surface area contributed by atoms with Gasteiger partial charge in [-0.25, -0.2) is 14.4 Å². The smallest absolute Gasteiger partial charge is 0.353 e. The zero-order valence-corrected chi connectivity index (χ0v) is 22.0. The molecule has 18 heteroatoms. The Morgan fingerprint density at radius 3 is 0.912 bits per heavy atom. The van der Waals surface area contributed by atoms with Gasteiger partial charge in [-0.2, -0.15) is 0 Å². The van der Waals surface area contributed by atoms with Crippen molar-refractivity contribution in [3.8, 4) is 0 Å². The van der Waals surface area contributed by atoms with Crippen molar-refractivity contribution < 1.29 is 111 Å². The topological polar surface area (TPSA) is 270 Å². The summed E-state index contributed by atoms with van der Waals surface area (Å²) in [7, 11) is 0. The van der Waals surface area contributed by atoms with E-state index in [9.17, 15) is 14.4 Å². The van der Waals surface area contributed by atoms with E-state index in [1.165, 1.54) is 13.8 Å². The van der Waals surface area contributed by atoms with Gasteiger partial charge in [-0.1, -0.05) is 29.3 Å². The second-order valence-corrected chi connectivity index (χ2v) is 4.33. The van der Waals surface area contributed by atoms with E-state index in [0.717, 1.165) is 12.8 Å². The van der Waals surface area contributed by atoms with Crippen molar-refractivity contribution >= 4 is 35.5 Å². The van der Waals surface area contributed by atoms with Crippen LogP contribution in [0.2, 0.25) is 0 Å². The Hall–Kier alpha value is -1.77. The summed E-state index contributed by atoms with van der Waals surface area (Å²) >= 11 is 0. The third kappa shape index (κ3) is 111.